The molecule has 0 bridgehead atoms. The van der Waals surface area contributed by atoms with Crippen molar-refractivity contribution in [2.75, 3.05) is 7.05 Å². The van der Waals surface area contributed by atoms with Gasteiger partial charge in [0.15, 0.2) is 0 Å². The maximum atomic E-state index is 12.6. The van der Waals surface area contributed by atoms with Crippen molar-refractivity contribution in [2.45, 2.75) is 45.3 Å². The van der Waals surface area contributed by atoms with Crippen molar-refractivity contribution in [3.05, 3.63) is 30.1 Å². The van der Waals surface area contributed by atoms with E-state index in [1.165, 1.54) is 4.31 Å². The molecule has 1 aromatic heterocycles. The van der Waals surface area contributed by atoms with Gasteiger partial charge in [-0.25, -0.2) is 0 Å². The van der Waals surface area contributed by atoms with E-state index in [-0.39, 0.29) is 12.1 Å². The molecule has 1 aliphatic rings. The predicted octanol–water partition coefficient (Wildman–Crippen LogP) is 1.63. The minimum absolute atomic E-state index is 0.0463. The van der Waals surface area contributed by atoms with Crippen LogP contribution in [0.2, 0.25) is 0 Å². The van der Waals surface area contributed by atoms with Gasteiger partial charge in [-0.15, -0.1) is 0 Å². The van der Waals surface area contributed by atoms with Gasteiger partial charge >= 0.3 is 0 Å². The molecule has 0 radical (unpaired) electrons. The largest absolute Gasteiger partial charge is 0.282 e. The van der Waals surface area contributed by atoms with Crippen molar-refractivity contribution < 1.29 is 8.42 Å². The summed E-state index contributed by atoms with van der Waals surface area (Å²) in [5.74, 6) is 0. The fourth-order valence-corrected chi connectivity index (χ4v) is 3.59. The lowest BCUT2D eigenvalue weighted by molar-refractivity contribution is 0.323. The Balaban J connectivity index is 2.21. The summed E-state index contributed by atoms with van der Waals surface area (Å²) < 4.78 is 28.2. The Bertz CT molecular complexity index is 512. The van der Waals surface area contributed by atoms with E-state index in [2.05, 4.69) is 4.98 Å². The highest BCUT2D eigenvalue weighted by atomic mass is 32.2. The first kappa shape index (κ1) is 14.4. The van der Waals surface area contributed by atoms with E-state index >= 15 is 0 Å². The number of aromatic nitrogens is 1. The Labute approximate surface area is 115 Å². The smallest absolute Gasteiger partial charge is 0.260 e. The molecule has 19 heavy (non-hydrogen) atoms. The molecule has 1 fully saturated rings. The molecule has 0 aliphatic heterocycles. The number of nitrogens with zero attached hydrogens (tertiary/aromatic N) is 3. The topological polar surface area (TPSA) is 53.5 Å². The van der Waals surface area contributed by atoms with Crippen LogP contribution in [0.4, 0.5) is 0 Å². The monoisotopic (exact) mass is 283 g/mol. The van der Waals surface area contributed by atoms with Crippen LogP contribution in [0.15, 0.2) is 24.4 Å². The van der Waals surface area contributed by atoms with Gasteiger partial charge in [0.25, 0.3) is 10.2 Å². The van der Waals surface area contributed by atoms with Gasteiger partial charge in [0.1, 0.15) is 0 Å². The molecule has 1 saturated carbocycles. The van der Waals surface area contributed by atoms with Crippen LogP contribution < -0.4 is 0 Å². The molecular formula is C13H21N3O2S. The molecular weight excluding hydrogens is 262 g/mol. The maximum absolute atomic E-state index is 12.6. The third-order valence-corrected chi connectivity index (χ3v) is 5.56. The Morgan fingerprint density at radius 2 is 2.05 bits per heavy atom. The maximum Gasteiger partial charge on any atom is 0.282 e. The molecule has 0 spiro atoms. The first-order valence-electron chi connectivity index (χ1n) is 6.57. The number of hydrogen-bond acceptors (Lipinski definition) is 3. The summed E-state index contributed by atoms with van der Waals surface area (Å²) in [4.78, 5) is 4.22. The van der Waals surface area contributed by atoms with Crippen molar-refractivity contribution >= 4 is 10.2 Å². The lowest BCUT2D eigenvalue weighted by atomic mass is 10.3. The van der Waals surface area contributed by atoms with Crippen molar-refractivity contribution in [3.8, 4) is 0 Å². The molecule has 1 aromatic rings. The summed E-state index contributed by atoms with van der Waals surface area (Å²) in [7, 11) is -1.78. The normalized spacial score (nSPS) is 16.5. The first-order chi connectivity index (χ1) is 8.93. The van der Waals surface area contributed by atoms with Crippen LogP contribution >= 0.6 is 0 Å². The SMILES string of the molecule is CC(C)N(C)S(=O)(=O)N(Cc1ccccn1)C1CC1. The third-order valence-electron chi connectivity index (χ3n) is 3.39. The Morgan fingerprint density at radius 1 is 1.37 bits per heavy atom. The molecule has 0 N–H and O–H groups in total. The molecule has 1 aliphatic carbocycles. The Kier molecular flexibility index (Phi) is 4.23. The molecule has 6 heteroatoms. The summed E-state index contributed by atoms with van der Waals surface area (Å²) >= 11 is 0. The van der Waals surface area contributed by atoms with E-state index in [0.717, 1.165) is 18.5 Å². The van der Waals surface area contributed by atoms with Crippen LogP contribution in [0, 0.1) is 0 Å². The van der Waals surface area contributed by atoms with Gasteiger partial charge in [-0.1, -0.05) is 6.07 Å². The van der Waals surface area contributed by atoms with E-state index in [9.17, 15) is 8.42 Å². The molecule has 1 heterocycles. The fraction of sp³-hybridized carbons (Fsp3) is 0.615. The molecule has 0 saturated heterocycles. The summed E-state index contributed by atoms with van der Waals surface area (Å²) in [6.45, 7) is 4.11. The van der Waals surface area contributed by atoms with Crippen LogP contribution in [0.5, 0.6) is 0 Å². The van der Waals surface area contributed by atoms with Crippen LogP contribution in [0.25, 0.3) is 0 Å². The lowest BCUT2D eigenvalue weighted by Crippen LogP contribution is -2.45. The van der Waals surface area contributed by atoms with E-state index in [4.69, 9.17) is 0 Å². The first-order valence-corrected chi connectivity index (χ1v) is 7.97. The van der Waals surface area contributed by atoms with Crippen LogP contribution in [-0.2, 0) is 16.8 Å². The summed E-state index contributed by atoms with van der Waals surface area (Å²) in [5.41, 5.74) is 0.787. The number of pyridine rings is 1. The van der Waals surface area contributed by atoms with E-state index in [0.29, 0.717) is 6.54 Å². The van der Waals surface area contributed by atoms with Crippen molar-refractivity contribution in [3.63, 3.8) is 0 Å². The highest BCUT2D eigenvalue weighted by molar-refractivity contribution is 7.86. The van der Waals surface area contributed by atoms with Gasteiger partial charge in [0.05, 0.1) is 12.2 Å². The quantitative estimate of drug-likeness (QED) is 0.797. The highest BCUT2D eigenvalue weighted by Crippen LogP contribution is 2.31. The second-order valence-electron chi connectivity index (χ2n) is 5.22. The predicted molar refractivity (Wildman–Crippen MR) is 74.6 cm³/mol. The van der Waals surface area contributed by atoms with Gasteiger partial charge in [0, 0.05) is 25.3 Å². The summed E-state index contributed by atoms with van der Waals surface area (Å²) in [6, 6.07) is 5.66. The molecule has 106 valence electrons. The van der Waals surface area contributed by atoms with Crippen LogP contribution in [0.1, 0.15) is 32.4 Å². The van der Waals surface area contributed by atoms with Gasteiger partial charge in [-0.05, 0) is 38.8 Å². The van der Waals surface area contributed by atoms with E-state index in [1.54, 1.807) is 17.5 Å². The van der Waals surface area contributed by atoms with Gasteiger partial charge in [-0.2, -0.15) is 17.0 Å². The average molecular weight is 283 g/mol. The third kappa shape index (κ3) is 3.32. The molecule has 0 amide bonds. The van der Waals surface area contributed by atoms with Crippen LogP contribution in [-0.4, -0.2) is 41.1 Å². The van der Waals surface area contributed by atoms with Gasteiger partial charge in [0.2, 0.25) is 0 Å². The van der Waals surface area contributed by atoms with Gasteiger partial charge in [-0.3, -0.25) is 4.98 Å². The van der Waals surface area contributed by atoms with E-state index < -0.39 is 10.2 Å². The Hall–Kier alpha value is -0.980. The van der Waals surface area contributed by atoms with Crippen molar-refractivity contribution in [1.29, 1.82) is 0 Å². The van der Waals surface area contributed by atoms with Crippen molar-refractivity contribution in [1.82, 2.24) is 13.6 Å². The Morgan fingerprint density at radius 3 is 2.53 bits per heavy atom. The second-order valence-corrected chi connectivity index (χ2v) is 7.16. The molecule has 0 aromatic carbocycles. The lowest BCUT2D eigenvalue weighted by Gasteiger charge is -2.29. The minimum atomic E-state index is -3.41. The number of hydrogen-bond donors (Lipinski definition) is 0. The number of rotatable bonds is 6. The van der Waals surface area contributed by atoms with Crippen molar-refractivity contribution in [2.24, 2.45) is 0 Å². The van der Waals surface area contributed by atoms with E-state index in [1.807, 2.05) is 32.0 Å². The zero-order chi connectivity index (χ0) is 14.0. The standard InChI is InChI=1S/C13H21N3O2S/c1-11(2)15(3)19(17,18)16(13-7-8-13)10-12-6-4-5-9-14-12/h4-6,9,11,13H,7-8,10H2,1-3H3. The average Bonchev–Trinajstić information content (AvgIpc) is 3.20. The molecule has 5 nitrogen and oxygen atoms in total. The summed E-state index contributed by atoms with van der Waals surface area (Å²) in [5, 5.41) is 0. The molecule has 0 unspecified atom stereocenters. The fourth-order valence-electron chi connectivity index (χ4n) is 1.84. The summed E-state index contributed by atoms with van der Waals surface area (Å²) in [6.07, 6.45) is 3.58. The highest BCUT2D eigenvalue weighted by Gasteiger charge is 2.40. The zero-order valence-corrected chi connectivity index (χ0v) is 12.5. The van der Waals surface area contributed by atoms with Gasteiger partial charge < -0.3 is 0 Å². The zero-order valence-electron chi connectivity index (χ0n) is 11.7. The second kappa shape index (κ2) is 5.56. The minimum Gasteiger partial charge on any atom is -0.260 e. The molecule has 0 atom stereocenters. The molecule has 2 rings (SSSR count). The van der Waals surface area contributed by atoms with Crippen LogP contribution in [0.3, 0.4) is 0 Å².